The van der Waals surface area contributed by atoms with Crippen molar-refractivity contribution in [3.05, 3.63) is 56.5 Å². The van der Waals surface area contributed by atoms with Crippen LogP contribution in [0.25, 0.3) is 5.57 Å². The van der Waals surface area contributed by atoms with Crippen LogP contribution >= 0.6 is 22.9 Å². The van der Waals surface area contributed by atoms with Crippen molar-refractivity contribution in [3.8, 4) is 0 Å². The summed E-state index contributed by atoms with van der Waals surface area (Å²) >= 11 is 7.33. The molecule has 1 aromatic heterocycles. The number of hydrogen-bond acceptors (Lipinski definition) is 4. The molecule has 0 radical (unpaired) electrons. The molecule has 0 amide bonds. The van der Waals surface area contributed by atoms with Gasteiger partial charge in [0, 0.05) is 28.2 Å². The molecule has 1 aliphatic heterocycles. The van der Waals surface area contributed by atoms with Crippen molar-refractivity contribution in [2.45, 2.75) is 6.92 Å². The quantitative estimate of drug-likeness (QED) is 0.811. The fourth-order valence-corrected chi connectivity index (χ4v) is 3.60. The predicted octanol–water partition coefficient (Wildman–Crippen LogP) is 4.49. The molecule has 0 aliphatic carbocycles. The van der Waals surface area contributed by atoms with Crippen LogP contribution in [-0.4, -0.2) is 23.6 Å². The van der Waals surface area contributed by atoms with E-state index in [1.54, 1.807) is 6.07 Å². The number of aliphatic imine (C=N–C) groups is 1. The lowest BCUT2D eigenvalue weighted by Crippen LogP contribution is -2.06. The highest BCUT2D eigenvalue weighted by atomic mass is 35.5. The summed E-state index contributed by atoms with van der Waals surface area (Å²) in [4.78, 5) is 16.2. The number of halogens is 2. The molecule has 0 fully saturated rings. The number of carboxylic acids is 1. The molecule has 1 N–H and O–H groups in total. The van der Waals surface area contributed by atoms with Crippen molar-refractivity contribution in [1.82, 2.24) is 0 Å². The van der Waals surface area contributed by atoms with Gasteiger partial charge < -0.3 is 9.84 Å². The Bertz CT molecular complexity index is 857. The van der Waals surface area contributed by atoms with Crippen molar-refractivity contribution in [1.29, 1.82) is 0 Å². The first-order valence-corrected chi connectivity index (χ1v) is 7.95. The summed E-state index contributed by atoms with van der Waals surface area (Å²) < 4.78 is 19.6. The molecule has 0 unspecified atom stereocenters. The van der Waals surface area contributed by atoms with Gasteiger partial charge in [-0.25, -0.2) is 14.2 Å². The standard InChI is InChI=1S/C16H11ClFNO3S/c1-2-22-16-11-6-13(17)23-15(11)10(7-14(20)21)9-4-3-8(18)5-12(9)19-16/h3-7H,2H2,1H3,(H,20,21). The number of benzene rings is 1. The second-order valence-electron chi connectivity index (χ2n) is 4.70. The maximum absolute atomic E-state index is 13.6. The van der Waals surface area contributed by atoms with E-state index in [1.165, 1.54) is 29.5 Å². The highest BCUT2D eigenvalue weighted by Crippen LogP contribution is 2.42. The fraction of sp³-hybridized carbons (Fsp3) is 0.125. The third kappa shape index (κ3) is 3.00. The minimum atomic E-state index is -1.11. The third-order valence-corrected chi connectivity index (χ3v) is 4.50. The molecule has 7 heteroatoms. The van der Waals surface area contributed by atoms with Crippen LogP contribution in [0.15, 0.2) is 35.3 Å². The molecule has 23 heavy (non-hydrogen) atoms. The van der Waals surface area contributed by atoms with Gasteiger partial charge in [-0.2, -0.15) is 0 Å². The van der Waals surface area contributed by atoms with Crippen LogP contribution in [0.3, 0.4) is 0 Å². The summed E-state index contributed by atoms with van der Waals surface area (Å²) in [6.45, 7) is 2.18. The van der Waals surface area contributed by atoms with E-state index in [2.05, 4.69) is 4.99 Å². The summed E-state index contributed by atoms with van der Waals surface area (Å²) in [5.74, 6) is -1.27. The number of fused-ring (bicyclic) bond motifs is 2. The van der Waals surface area contributed by atoms with E-state index in [4.69, 9.17) is 16.3 Å². The molecule has 118 valence electrons. The zero-order chi connectivity index (χ0) is 16.6. The van der Waals surface area contributed by atoms with E-state index in [9.17, 15) is 14.3 Å². The third-order valence-electron chi connectivity index (χ3n) is 3.20. The first-order chi connectivity index (χ1) is 11.0. The van der Waals surface area contributed by atoms with Gasteiger partial charge in [-0.3, -0.25) is 0 Å². The molecule has 0 spiro atoms. The molecule has 0 saturated carbocycles. The van der Waals surface area contributed by atoms with E-state index in [-0.39, 0.29) is 0 Å². The Hall–Kier alpha value is -2.18. The van der Waals surface area contributed by atoms with Gasteiger partial charge in [0.25, 0.3) is 0 Å². The van der Waals surface area contributed by atoms with E-state index in [0.717, 1.165) is 6.08 Å². The lowest BCUT2D eigenvalue weighted by atomic mass is 10.0. The fourth-order valence-electron chi connectivity index (χ4n) is 2.35. The highest BCUT2D eigenvalue weighted by molar-refractivity contribution is 7.17. The molecule has 0 atom stereocenters. The Kier molecular flexibility index (Phi) is 4.19. The molecule has 2 heterocycles. The second-order valence-corrected chi connectivity index (χ2v) is 6.38. The molecule has 2 aromatic rings. The van der Waals surface area contributed by atoms with Crippen LogP contribution < -0.4 is 0 Å². The van der Waals surface area contributed by atoms with Gasteiger partial charge in [-0.1, -0.05) is 11.6 Å². The topological polar surface area (TPSA) is 58.9 Å². The van der Waals surface area contributed by atoms with Gasteiger partial charge in [-0.05, 0) is 25.1 Å². The average Bonchev–Trinajstić information content (AvgIpc) is 2.82. The van der Waals surface area contributed by atoms with Gasteiger partial charge in [0.2, 0.25) is 5.90 Å². The van der Waals surface area contributed by atoms with Crippen LogP contribution in [0, 0.1) is 5.82 Å². The summed E-state index contributed by atoms with van der Waals surface area (Å²) in [6, 6.07) is 5.70. The van der Waals surface area contributed by atoms with Crippen LogP contribution in [0.5, 0.6) is 0 Å². The molecule has 3 rings (SSSR count). The highest BCUT2D eigenvalue weighted by Gasteiger charge is 2.25. The van der Waals surface area contributed by atoms with Gasteiger partial charge >= 0.3 is 5.97 Å². The van der Waals surface area contributed by atoms with Gasteiger partial charge in [0.15, 0.2) is 0 Å². The average molecular weight is 352 g/mol. The number of ether oxygens (including phenoxy) is 1. The maximum atomic E-state index is 13.6. The number of thiophene rings is 1. The molecular formula is C16H11ClFNO3S. The van der Waals surface area contributed by atoms with Crippen molar-refractivity contribution in [2.75, 3.05) is 6.61 Å². The van der Waals surface area contributed by atoms with Crippen molar-refractivity contribution in [2.24, 2.45) is 4.99 Å². The largest absolute Gasteiger partial charge is 0.478 e. The number of rotatable bonds is 2. The molecule has 1 aliphatic rings. The SMILES string of the molecule is CCOC1=Nc2cc(F)ccc2C(=CC(=O)O)c2sc(Cl)cc21. The monoisotopic (exact) mass is 351 g/mol. The van der Waals surface area contributed by atoms with Crippen LogP contribution in [0.2, 0.25) is 4.34 Å². The van der Waals surface area contributed by atoms with Crippen LogP contribution in [0.4, 0.5) is 10.1 Å². The lowest BCUT2D eigenvalue weighted by Gasteiger charge is -2.07. The first-order valence-electron chi connectivity index (χ1n) is 6.75. The van der Waals surface area contributed by atoms with Gasteiger partial charge in [0.1, 0.15) is 5.82 Å². The number of carbonyl (C=O) groups is 1. The Morgan fingerprint density at radius 1 is 1.43 bits per heavy atom. The summed E-state index contributed by atoms with van der Waals surface area (Å²) in [7, 11) is 0. The Morgan fingerprint density at radius 2 is 2.22 bits per heavy atom. The second kappa shape index (κ2) is 6.14. The number of nitrogens with zero attached hydrogens (tertiary/aromatic N) is 1. The smallest absolute Gasteiger partial charge is 0.328 e. The maximum Gasteiger partial charge on any atom is 0.328 e. The Balaban J connectivity index is 2.35. The molecule has 0 saturated heterocycles. The van der Waals surface area contributed by atoms with Crippen molar-refractivity contribution >= 4 is 46.1 Å². The minimum Gasteiger partial charge on any atom is -0.478 e. The van der Waals surface area contributed by atoms with E-state index in [1.807, 2.05) is 6.92 Å². The first kappa shape index (κ1) is 15.7. The van der Waals surface area contributed by atoms with Crippen molar-refractivity contribution < 1.29 is 19.0 Å². The molecular weight excluding hydrogens is 341 g/mol. The Morgan fingerprint density at radius 3 is 2.91 bits per heavy atom. The zero-order valence-electron chi connectivity index (χ0n) is 12.0. The molecule has 1 aromatic carbocycles. The number of carboxylic acid groups (broad SMARTS) is 1. The predicted molar refractivity (Wildman–Crippen MR) is 88.3 cm³/mol. The summed E-state index contributed by atoms with van der Waals surface area (Å²) in [5.41, 5.74) is 1.87. The number of hydrogen-bond donors (Lipinski definition) is 1. The normalized spacial score (nSPS) is 14.7. The van der Waals surface area contributed by atoms with E-state index >= 15 is 0 Å². The van der Waals surface area contributed by atoms with E-state index < -0.39 is 11.8 Å². The van der Waals surface area contributed by atoms with Gasteiger partial charge in [-0.15, -0.1) is 11.3 Å². The lowest BCUT2D eigenvalue weighted by molar-refractivity contribution is -0.131. The van der Waals surface area contributed by atoms with Crippen molar-refractivity contribution in [3.63, 3.8) is 0 Å². The number of aliphatic carboxylic acids is 1. The molecule has 0 bridgehead atoms. The minimum absolute atomic E-state index is 0.297. The Labute approximate surface area is 140 Å². The van der Waals surface area contributed by atoms with Gasteiger partial charge in [0.05, 0.1) is 22.2 Å². The molecule has 4 nitrogen and oxygen atoms in total. The summed E-state index contributed by atoms with van der Waals surface area (Å²) in [6.07, 6.45) is 1.08. The van der Waals surface area contributed by atoms with Crippen LogP contribution in [-0.2, 0) is 9.53 Å². The van der Waals surface area contributed by atoms with Crippen LogP contribution in [0.1, 0.15) is 22.9 Å². The zero-order valence-corrected chi connectivity index (χ0v) is 13.5. The summed E-state index contributed by atoms with van der Waals surface area (Å²) in [5, 5.41) is 9.19. The van der Waals surface area contributed by atoms with E-state index in [0.29, 0.717) is 44.1 Å².